The van der Waals surface area contributed by atoms with Gasteiger partial charge in [-0.15, -0.1) is 0 Å². The summed E-state index contributed by atoms with van der Waals surface area (Å²) in [6.07, 6.45) is 3.15. The van der Waals surface area contributed by atoms with E-state index in [1.54, 1.807) is 30.6 Å². The smallest absolute Gasteiger partial charge is 0.404 e. The van der Waals surface area contributed by atoms with Crippen LogP contribution in [0, 0.1) is 0 Å². The van der Waals surface area contributed by atoms with Crippen LogP contribution in [-0.4, -0.2) is 33.1 Å². The molecule has 2 atom stereocenters. The molecule has 3 aromatic rings. The van der Waals surface area contributed by atoms with E-state index in [9.17, 15) is 9.59 Å². The molecular weight excluding hydrogens is 356 g/mol. The number of carbonyl (C=O) groups excluding carboxylic acids is 1. The molecule has 7 nitrogen and oxygen atoms in total. The highest BCUT2D eigenvalue weighted by Crippen LogP contribution is 2.40. The van der Waals surface area contributed by atoms with Gasteiger partial charge in [0.2, 0.25) is 0 Å². The third-order valence-electron chi connectivity index (χ3n) is 4.67. The van der Waals surface area contributed by atoms with E-state index in [1.807, 2.05) is 36.4 Å². The van der Waals surface area contributed by atoms with Crippen LogP contribution in [0.1, 0.15) is 28.3 Å². The van der Waals surface area contributed by atoms with Crippen LogP contribution in [0.5, 0.6) is 0 Å². The number of hydrogen-bond donors (Lipinski definition) is 3. The van der Waals surface area contributed by atoms with Crippen LogP contribution in [0.25, 0.3) is 11.4 Å². The van der Waals surface area contributed by atoms with Crippen molar-refractivity contribution in [3.05, 3.63) is 78.1 Å². The molecule has 4 rings (SSSR count). The molecule has 0 unspecified atom stereocenters. The average molecular weight is 374 g/mol. The van der Waals surface area contributed by atoms with Gasteiger partial charge in [0, 0.05) is 41.2 Å². The summed E-state index contributed by atoms with van der Waals surface area (Å²) in [4.78, 5) is 31.5. The molecule has 1 aliphatic rings. The first kappa shape index (κ1) is 17.7. The Balaban J connectivity index is 1.38. The van der Waals surface area contributed by atoms with Crippen molar-refractivity contribution in [1.29, 1.82) is 0 Å². The van der Waals surface area contributed by atoms with Crippen LogP contribution >= 0.6 is 0 Å². The lowest BCUT2D eigenvalue weighted by molar-refractivity contribution is 0.102. The minimum Gasteiger partial charge on any atom is -0.465 e. The maximum atomic E-state index is 12.4. The monoisotopic (exact) mass is 374 g/mol. The Kier molecular flexibility index (Phi) is 4.72. The van der Waals surface area contributed by atoms with Gasteiger partial charge in [0.15, 0.2) is 5.82 Å². The van der Waals surface area contributed by atoms with Crippen LogP contribution in [0.2, 0.25) is 0 Å². The van der Waals surface area contributed by atoms with Gasteiger partial charge in [-0.05, 0) is 54.4 Å². The number of aromatic nitrogens is 2. The van der Waals surface area contributed by atoms with E-state index in [1.165, 1.54) is 0 Å². The normalized spacial score (nSPS) is 17.6. The number of nitrogens with zero attached hydrogens (tertiary/aromatic N) is 2. The van der Waals surface area contributed by atoms with Crippen LogP contribution in [0.3, 0.4) is 0 Å². The lowest BCUT2D eigenvalue weighted by Crippen LogP contribution is -2.24. The van der Waals surface area contributed by atoms with Crippen molar-refractivity contribution in [3.8, 4) is 11.4 Å². The van der Waals surface area contributed by atoms with E-state index in [0.29, 0.717) is 17.1 Å². The maximum Gasteiger partial charge on any atom is 0.404 e. The molecule has 7 heteroatoms. The molecule has 1 saturated carbocycles. The zero-order valence-electron chi connectivity index (χ0n) is 14.9. The van der Waals surface area contributed by atoms with Gasteiger partial charge in [0.25, 0.3) is 5.91 Å². The summed E-state index contributed by atoms with van der Waals surface area (Å²) in [5, 5.41) is 14.1. The molecule has 1 aliphatic carbocycles. The van der Waals surface area contributed by atoms with E-state index in [4.69, 9.17) is 5.11 Å². The summed E-state index contributed by atoms with van der Waals surface area (Å²) in [6, 6.07) is 16.3. The van der Waals surface area contributed by atoms with E-state index >= 15 is 0 Å². The fraction of sp³-hybridized carbons (Fsp3) is 0.143. The second-order valence-corrected chi connectivity index (χ2v) is 6.62. The topological polar surface area (TPSA) is 104 Å². The first-order valence-electron chi connectivity index (χ1n) is 8.88. The van der Waals surface area contributed by atoms with Crippen molar-refractivity contribution in [2.75, 3.05) is 5.32 Å². The van der Waals surface area contributed by atoms with Crippen molar-refractivity contribution in [2.24, 2.45) is 0 Å². The third-order valence-corrected chi connectivity index (χ3v) is 4.67. The molecule has 0 spiro atoms. The number of nitrogens with one attached hydrogen (secondary N) is 2. The SMILES string of the molecule is O=C(O)N[C@@H]1C[C@H]1c1ccc(C(=O)Nc2ccc(-c3ncccn3)cc2)cc1. The first-order chi connectivity index (χ1) is 13.6. The van der Waals surface area contributed by atoms with Crippen molar-refractivity contribution in [1.82, 2.24) is 15.3 Å². The maximum absolute atomic E-state index is 12.4. The number of carbonyl (C=O) groups is 2. The van der Waals surface area contributed by atoms with Crippen LogP contribution < -0.4 is 10.6 Å². The molecule has 140 valence electrons. The van der Waals surface area contributed by atoms with Gasteiger partial charge in [-0.25, -0.2) is 14.8 Å². The molecule has 0 saturated heterocycles. The molecule has 1 fully saturated rings. The second kappa shape index (κ2) is 7.48. The highest BCUT2D eigenvalue weighted by atomic mass is 16.4. The average Bonchev–Trinajstić information content (AvgIpc) is 3.47. The molecule has 0 radical (unpaired) electrons. The van der Waals surface area contributed by atoms with Gasteiger partial charge in [0.1, 0.15) is 0 Å². The third kappa shape index (κ3) is 3.98. The molecule has 0 aliphatic heterocycles. The highest BCUT2D eigenvalue weighted by Gasteiger charge is 2.39. The van der Waals surface area contributed by atoms with Gasteiger partial charge in [-0.2, -0.15) is 0 Å². The summed E-state index contributed by atoms with van der Waals surface area (Å²) >= 11 is 0. The Morgan fingerprint density at radius 1 is 0.964 bits per heavy atom. The number of rotatable bonds is 5. The van der Waals surface area contributed by atoms with Crippen molar-refractivity contribution < 1.29 is 14.7 Å². The summed E-state index contributed by atoms with van der Waals surface area (Å²) in [5.74, 6) is 0.610. The van der Waals surface area contributed by atoms with Gasteiger partial charge >= 0.3 is 6.09 Å². The Hall–Kier alpha value is -3.74. The molecule has 28 heavy (non-hydrogen) atoms. The van der Waals surface area contributed by atoms with E-state index in [0.717, 1.165) is 17.5 Å². The molecule has 2 aromatic carbocycles. The van der Waals surface area contributed by atoms with Gasteiger partial charge in [0.05, 0.1) is 0 Å². The zero-order chi connectivity index (χ0) is 19.5. The van der Waals surface area contributed by atoms with E-state index in [-0.39, 0.29) is 17.9 Å². The fourth-order valence-corrected chi connectivity index (χ4v) is 3.12. The summed E-state index contributed by atoms with van der Waals surface area (Å²) < 4.78 is 0. The summed E-state index contributed by atoms with van der Waals surface area (Å²) in [5.41, 5.74) is 3.13. The van der Waals surface area contributed by atoms with Gasteiger partial charge in [-0.1, -0.05) is 12.1 Å². The Labute approximate surface area is 161 Å². The quantitative estimate of drug-likeness (QED) is 0.634. The molecule has 3 N–H and O–H groups in total. The molecule has 1 aromatic heterocycles. The lowest BCUT2D eigenvalue weighted by atomic mass is 10.1. The molecular formula is C21H18N4O3. The largest absolute Gasteiger partial charge is 0.465 e. The van der Waals surface area contributed by atoms with Crippen molar-refractivity contribution >= 4 is 17.7 Å². The van der Waals surface area contributed by atoms with Crippen molar-refractivity contribution in [3.63, 3.8) is 0 Å². The number of hydrogen-bond acceptors (Lipinski definition) is 4. The van der Waals surface area contributed by atoms with Crippen LogP contribution in [0.4, 0.5) is 10.5 Å². The summed E-state index contributed by atoms with van der Waals surface area (Å²) in [6.45, 7) is 0. The minimum absolute atomic E-state index is 0.0377. The number of benzene rings is 2. The second-order valence-electron chi connectivity index (χ2n) is 6.62. The van der Waals surface area contributed by atoms with Gasteiger partial charge < -0.3 is 15.7 Å². The molecule has 1 heterocycles. The number of anilines is 1. The lowest BCUT2D eigenvalue weighted by Gasteiger charge is -2.07. The predicted molar refractivity (Wildman–Crippen MR) is 104 cm³/mol. The van der Waals surface area contributed by atoms with Crippen LogP contribution in [0.15, 0.2) is 67.0 Å². The van der Waals surface area contributed by atoms with E-state index in [2.05, 4.69) is 20.6 Å². The number of amides is 2. The van der Waals surface area contributed by atoms with Gasteiger partial charge in [-0.3, -0.25) is 4.79 Å². The fourth-order valence-electron chi connectivity index (χ4n) is 3.12. The van der Waals surface area contributed by atoms with Crippen molar-refractivity contribution in [2.45, 2.75) is 18.4 Å². The zero-order valence-corrected chi connectivity index (χ0v) is 14.9. The summed E-state index contributed by atoms with van der Waals surface area (Å²) in [7, 11) is 0. The Morgan fingerprint density at radius 3 is 2.29 bits per heavy atom. The van der Waals surface area contributed by atoms with Crippen LogP contribution in [-0.2, 0) is 0 Å². The number of carboxylic acid groups (broad SMARTS) is 1. The highest BCUT2D eigenvalue weighted by molar-refractivity contribution is 6.04. The standard InChI is InChI=1S/C21H18N4O3/c26-20(15-4-2-13(3-5-15)17-12-18(17)25-21(27)28)24-16-8-6-14(7-9-16)19-22-10-1-11-23-19/h1-11,17-18,25H,12H2,(H,24,26)(H,27,28)/t17-,18+/m0/s1. The van der Waals surface area contributed by atoms with E-state index < -0.39 is 6.09 Å². The molecule has 2 amide bonds. The predicted octanol–water partition coefficient (Wildman–Crippen LogP) is 3.52. The molecule has 0 bridgehead atoms. The Morgan fingerprint density at radius 2 is 1.64 bits per heavy atom. The minimum atomic E-state index is -1.01. The Bertz CT molecular complexity index is 988. The first-order valence-corrected chi connectivity index (χ1v) is 8.88.